The minimum Gasteiger partial charge on any atom is -0.265 e. The molecule has 0 spiro atoms. The molecule has 3 aromatic rings. The van der Waals surface area contributed by atoms with E-state index in [2.05, 4.69) is 61.1 Å². The van der Waals surface area contributed by atoms with Crippen molar-refractivity contribution in [1.29, 1.82) is 0 Å². The van der Waals surface area contributed by atoms with Crippen LogP contribution < -0.4 is 0 Å². The van der Waals surface area contributed by atoms with Gasteiger partial charge in [-0.1, -0.05) is 6.07 Å². The fourth-order valence-electron chi connectivity index (χ4n) is 3.23. The summed E-state index contributed by atoms with van der Waals surface area (Å²) in [6.45, 7) is 6.69. The maximum Gasteiger partial charge on any atom is 0.0270 e. The molecular weight excluding hydrogens is 280 g/mol. The zero-order valence-electron chi connectivity index (χ0n) is 14.0. The number of hydrogen-bond acceptors (Lipinski definition) is 2. The quantitative estimate of drug-likeness (QED) is 0.705. The SMILES string of the molecule is Cc1cc(C)c(Cc2ccncc2)c(C)c1Cc1ccncc1. The molecule has 0 aliphatic heterocycles. The van der Waals surface area contributed by atoms with E-state index in [9.17, 15) is 0 Å². The highest BCUT2D eigenvalue weighted by molar-refractivity contribution is 5.48. The minimum atomic E-state index is 0.962. The van der Waals surface area contributed by atoms with Gasteiger partial charge in [0.2, 0.25) is 0 Å². The standard InChI is InChI=1S/C21H22N2/c1-15-12-16(2)21(14-19-6-10-23-11-7-19)17(3)20(15)13-18-4-8-22-9-5-18/h4-12H,13-14H2,1-3H3. The molecule has 2 aromatic heterocycles. The van der Waals surface area contributed by atoms with Crippen molar-refractivity contribution in [3.63, 3.8) is 0 Å². The van der Waals surface area contributed by atoms with Crippen LogP contribution in [0.4, 0.5) is 0 Å². The molecule has 23 heavy (non-hydrogen) atoms. The number of rotatable bonds is 4. The Morgan fingerprint density at radius 3 is 1.43 bits per heavy atom. The van der Waals surface area contributed by atoms with Crippen molar-refractivity contribution in [3.05, 3.63) is 94.1 Å². The first kappa shape index (κ1) is 15.4. The van der Waals surface area contributed by atoms with Gasteiger partial charge in [-0.25, -0.2) is 0 Å². The van der Waals surface area contributed by atoms with Gasteiger partial charge in [0, 0.05) is 24.8 Å². The third-order valence-electron chi connectivity index (χ3n) is 4.55. The Balaban J connectivity index is 1.99. The summed E-state index contributed by atoms with van der Waals surface area (Å²) in [5, 5.41) is 0. The van der Waals surface area contributed by atoms with Gasteiger partial charge in [-0.15, -0.1) is 0 Å². The number of aromatic nitrogens is 2. The molecular formula is C21H22N2. The largest absolute Gasteiger partial charge is 0.265 e. The monoisotopic (exact) mass is 302 g/mol. The zero-order valence-corrected chi connectivity index (χ0v) is 14.0. The Kier molecular flexibility index (Phi) is 4.52. The average Bonchev–Trinajstić information content (AvgIpc) is 2.57. The molecule has 2 heteroatoms. The van der Waals surface area contributed by atoms with Gasteiger partial charge in [-0.3, -0.25) is 9.97 Å². The van der Waals surface area contributed by atoms with Gasteiger partial charge >= 0.3 is 0 Å². The van der Waals surface area contributed by atoms with Crippen LogP contribution in [-0.2, 0) is 12.8 Å². The van der Waals surface area contributed by atoms with Gasteiger partial charge in [0.05, 0.1) is 0 Å². The van der Waals surface area contributed by atoms with E-state index in [4.69, 9.17) is 0 Å². The van der Waals surface area contributed by atoms with Gasteiger partial charge in [-0.05, 0) is 96.8 Å². The van der Waals surface area contributed by atoms with E-state index in [1.807, 2.05) is 24.8 Å². The summed E-state index contributed by atoms with van der Waals surface area (Å²) in [6, 6.07) is 10.7. The molecule has 116 valence electrons. The number of pyridine rings is 2. The lowest BCUT2D eigenvalue weighted by atomic mass is 9.87. The predicted octanol–water partition coefficient (Wildman–Crippen LogP) is 4.58. The maximum atomic E-state index is 4.11. The maximum absolute atomic E-state index is 4.11. The van der Waals surface area contributed by atoms with Crippen molar-refractivity contribution in [1.82, 2.24) is 9.97 Å². The van der Waals surface area contributed by atoms with E-state index in [1.165, 1.54) is 38.9 Å². The van der Waals surface area contributed by atoms with Crippen LogP contribution in [0.2, 0.25) is 0 Å². The average molecular weight is 302 g/mol. The Bertz CT molecular complexity index is 727. The molecule has 2 heterocycles. The molecule has 1 aromatic carbocycles. The highest BCUT2D eigenvalue weighted by atomic mass is 14.6. The third kappa shape index (κ3) is 3.48. The van der Waals surface area contributed by atoms with Crippen LogP contribution >= 0.6 is 0 Å². The highest BCUT2D eigenvalue weighted by Gasteiger charge is 2.12. The summed E-state index contributed by atoms with van der Waals surface area (Å²) in [5.41, 5.74) is 9.65. The lowest BCUT2D eigenvalue weighted by Crippen LogP contribution is -2.04. The molecule has 0 radical (unpaired) electrons. The topological polar surface area (TPSA) is 25.8 Å². The molecule has 0 atom stereocenters. The summed E-state index contributed by atoms with van der Waals surface area (Å²) < 4.78 is 0. The van der Waals surface area contributed by atoms with Crippen molar-refractivity contribution in [3.8, 4) is 0 Å². The first-order chi connectivity index (χ1) is 11.1. The Hall–Kier alpha value is -2.48. The van der Waals surface area contributed by atoms with Crippen molar-refractivity contribution >= 4 is 0 Å². The fourth-order valence-corrected chi connectivity index (χ4v) is 3.23. The number of hydrogen-bond donors (Lipinski definition) is 0. The molecule has 2 nitrogen and oxygen atoms in total. The zero-order chi connectivity index (χ0) is 16.2. The van der Waals surface area contributed by atoms with Crippen molar-refractivity contribution in [2.75, 3.05) is 0 Å². The molecule has 0 N–H and O–H groups in total. The second-order valence-electron chi connectivity index (χ2n) is 6.16. The molecule has 0 bridgehead atoms. The normalized spacial score (nSPS) is 10.7. The fraction of sp³-hybridized carbons (Fsp3) is 0.238. The van der Waals surface area contributed by atoms with Gasteiger partial charge in [0.15, 0.2) is 0 Å². The lowest BCUT2D eigenvalue weighted by molar-refractivity contribution is 1.04. The van der Waals surface area contributed by atoms with Gasteiger partial charge in [0.1, 0.15) is 0 Å². The molecule has 0 saturated heterocycles. The van der Waals surface area contributed by atoms with Crippen LogP contribution in [0.1, 0.15) is 38.9 Å². The Labute approximate surface area is 138 Å². The smallest absolute Gasteiger partial charge is 0.0270 e. The lowest BCUT2D eigenvalue weighted by Gasteiger charge is -2.18. The molecule has 0 fully saturated rings. The van der Waals surface area contributed by atoms with E-state index >= 15 is 0 Å². The number of nitrogens with zero attached hydrogens (tertiary/aromatic N) is 2. The molecule has 0 saturated carbocycles. The first-order valence-corrected chi connectivity index (χ1v) is 8.01. The van der Waals surface area contributed by atoms with Crippen LogP contribution in [0.15, 0.2) is 55.1 Å². The van der Waals surface area contributed by atoms with E-state index < -0.39 is 0 Å². The third-order valence-corrected chi connectivity index (χ3v) is 4.55. The number of benzene rings is 1. The van der Waals surface area contributed by atoms with Gasteiger partial charge < -0.3 is 0 Å². The second kappa shape index (κ2) is 6.74. The first-order valence-electron chi connectivity index (χ1n) is 8.01. The van der Waals surface area contributed by atoms with Crippen LogP contribution in [0.25, 0.3) is 0 Å². The molecule has 0 unspecified atom stereocenters. The van der Waals surface area contributed by atoms with E-state index in [0.29, 0.717) is 0 Å². The highest BCUT2D eigenvalue weighted by Crippen LogP contribution is 2.26. The summed E-state index contributed by atoms with van der Waals surface area (Å²) in [4.78, 5) is 8.23. The molecule has 0 aliphatic carbocycles. The molecule has 0 aliphatic rings. The van der Waals surface area contributed by atoms with Crippen molar-refractivity contribution < 1.29 is 0 Å². The summed E-state index contributed by atoms with van der Waals surface area (Å²) in [7, 11) is 0. The van der Waals surface area contributed by atoms with E-state index in [0.717, 1.165) is 12.8 Å². The van der Waals surface area contributed by atoms with E-state index in [1.54, 1.807) is 0 Å². The van der Waals surface area contributed by atoms with Gasteiger partial charge in [0.25, 0.3) is 0 Å². The van der Waals surface area contributed by atoms with Crippen LogP contribution in [-0.4, -0.2) is 9.97 Å². The van der Waals surface area contributed by atoms with Crippen LogP contribution in [0.5, 0.6) is 0 Å². The molecule has 0 amide bonds. The summed E-state index contributed by atoms with van der Waals surface area (Å²) >= 11 is 0. The van der Waals surface area contributed by atoms with Crippen molar-refractivity contribution in [2.45, 2.75) is 33.6 Å². The summed E-state index contributed by atoms with van der Waals surface area (Å²) in [5.74, 6) is 0. The van der Waals surface area contributed by atoms with Gasteiger partial charge in [-0.2, -0.15) is 0 Å². The Morgan fingerprint density at radius 2 is 1.04 bits per heavy atom. The molecule has 3 rings (SSSR count). The Morgan fingerprint density at radius 1 is 0.652 bits per heavy atom. The summed E-state index contributed by atoms with van der Waals surface area (Å²) in [6.07, 6.45) is 9.39. The van der Waals surface area contributed by atoms with Crippen LogP contribution in [0, 0.1) is 20.8 Å². The number of aryl methyl sites for hydroxylation is 2. The van der Waals surface area contributed by atoms with Crippen molar-refractivity contribution in [2.24, 2.45) is 0 Å². The predicted molar refractivity (Wildman–Crippen MR) is 94.7 cm³/mol. The van der Waals surface area contributed by atoms with E-state index in [-0.39, 0.29) is 0 Å². The van der Waals surface area contributed by atoms with Crippen LogP contribution in [0.3, 0.4) is 0 Å². The second-order valence-corrected chi connectivity index (χ2v) is 6.16. The minimum absolute atomic E-state index is 0.962.